The van der Waals surface area contributed by atoms with Crippen molar-refractivity contribution in [2.24, 2.45) is 5.92 Å². The molecule has 1 aromatic rings. The van der Waals surface area contributed by atoms with Crippen LogP contribution in [0.3, 0.4) is 0 Å². The molecule has 0 amide bonds. The Hall–Kier alpha value is -1.12. The Morgan fingerprint density at radius 2 is 1.90 bits per heavy atom. The molecule has 0 fully saturated rings. The van der Waals surface area contributed by atoms with Gasteiger partial charge in [0.2, 0.25) is 0 Å². The lowest BCUT2D eigenvalue weighted by atomic mass is 10.00. The molecule has 1 aromatic carbocycles. The molecule has 0 aliphatic rings. The van der Waals surface area contributed by atoms with E-state index in [4.69, 9.17) is 9.05 Å². The molecule has 0 bridgehead atoms. The van der Waals surface area contributed by atoms with E-state index < -0.39 is 13.6 Å². The number of rotatable bonds is 8. The number of carbonyl (C=O) groups excluding carboxylic acids is 1. The summed E-state index contributed by atoms with van der Waals surface area (Å²) in [6.07, 6.45) is 3.41. The number of benzene rings is 1. The highest BCUT2D eigenvalue weighted by atomic mass is 31.2. The summed E-state index contributed by atoms with van der Waals surface area (Å²) in [5.41, 5.74) is 0. The Balaban J connectivity index is 2.82. The molecule has 1 rings (SSSR count). The van der Waals surface area contributed by atoms with E-state index in [1.165, 1.54) is 7.11 Å². The molecular formula is C15H23O4P. The Labute approximate surface area is 121 Å². The maximum absolute atomic E-state index is 12.6. The molecule has 4 nitrogen and oxygen atoms in total. The predicted molar refractivity (Wildman–Crippen MR) is 80.1 cm³/mol. The van der Waals surface area contributed by atoms with Gasteiger partial charge >= 0.3 is 13.6 Å². The molecule has 112 valence electrons. The fraction of sp³-hybridized carbons (Fsp3) is 0.533. The summed E-state index contributed by atoms with van der Waals surface area (Å²) in [4.78, 5) is 12.2. The first kappa shape index (κ1) is 16.9. The van der Waals surface area contributed by atoms with Crippen LogP contribution in [0.25, 0.3) is 0 Å². The van der Waals surface area contributed by atoms with Crippen molar-refractivity contribution in [3.8, 4) is 0 Å². The molecular weight excluding hydrogens is 275 g/mol. The van der Waals surface area contributed by atoms with Crippen molar-refractivity contribution in [2.45, 2.75) is 39.5 Å². The minimum atomic E-state index is -3.56. The second-order valence-electron chi connectivity index (χ2n) is 4.67. The van der Waals surface area contributed by atoms with Crippen LogP contribution in [-0.2, 0) is 18.4 Å². The van der Waals surface area contributed by atoms with Gasteiger partial charge in [-0.25, -0.2) is 4.57 Å². The Kier molecular flexibility index (Phi) is 6.97. The smallest absolute Gasteiger partial charge is 0.388 e. The van der Waals surface area contributed by atoms with E-state index in [0.717, 1.165) is 19.3 Å². The third kappa shape index (κ3) is 4.46. The van der Waals surface area contributed by atoms with Crippen molar-refractivity contribution >= 4 is 18.9 Å². The zero-order valence-electron chi connectivity index (χ0n) is 12.4. The van der Waals surface area contributed by atoms with Crippen LogP contribution in [0.2, 0.25) is 0 Å². The van der Waals surface area contributed by atoms with Crippen LogP contribution in [0.4, 0.5) is 0 Å². The molecule has 2 atom stereocenters. The van der Waals surface area contributed by atoms with Crippen molar-refractivity contribution in [1.29, 1.82) is 0 Å². The topological polar surface area (TPSA) is 52.6 Å². The largest absolute Gasteiger partial charge is 0.412 e. The van der Waals surface area contributed by atoms with Crippen molar-refractivity contribution in [1.82, 2.24) is 0 Å². The molecule has 0 saturated heterocycles. The summed E-state index contributed by atoms with van der Waals surface area (Å²) >= 11 is 0. The number of carbonyl (C=O) groups is 1. The molecule has 0 N–H and O–H groups in total. The molecule has 0 radical (unpaired) electrons. The maximum Gasteiger partial charge on any atom is 0.412 e. The van der Waals surface area contributed by atoms with Gasteiger partial charge in [0.05, 0.1) is 11.2 Å². The van der Waals surface area contributed by atoms with Crippen LogP contribution >= 0.6 is 7.60 Å². The first-order valence-corrected chi connectivity index (χ1v) is 8.56. The lowest BCUT2D eigenvalue weighted by molar-refractivity contribution is -0.139. The minimum Gasteiger partial charge on any atom is -0.388 e. The summed E-state index contributed by atoms with van der Waals surface area (Å²) < 4.78 is 22.8. The summed E-state index contributed by atoms with van der Waals surface area (Å²) in [7, 11) is -2.26. The monoisotopic (exact) mass is 298 g/mol. The van der Waals surface area contributed by atoms with Gasteiger partial charge in [-0.1, -0.05) is 44.9 Å². The Bertz CT molecular complexity index is 458. The van der Waals surface area contributed by atoms with Gasteiger partial charge in [-0.3, -0.25) is 9.32 Å². The number of hydrogen-bond donors (Lipinski definition) is 0. The van der Waals surface area contributed by atoms with Crippen LogP contribution in [-0.4, -0.2) is 13.1 Å². The summed E-state index contributed by atoms with van der Waals surface area (Å²) in [5, 5.41) is 0.404. The van der Waals surface area contributed by atoms with E-state index in [1.807, 2.05) is 6.92 Å². The van der Waals surface area contributed by atoms with Gasteiger partial charge in [0.15, 0.2) is 0 Å². The van der Waals surface area contributed by atoms with Crippen molar-refractivity contribution in [3.05, 3.63) is 30.3 Å². The maximum atomic E-state index is 12.6. The molecule has 0 spiro atoms. The highest BCUT2D eigenvalue weighted by Crippen LogP contribution is 2.47. The summed E-state index contributed by atoms with van der Waals surface area (Å²) in [5.74, 6) is -0.655. The van der Waals surface area contributed by atoms with Gasteiger partial charge in [-0.15, -0.1) is 0 Å². The van der Waals surface area contributed by atoms with Crippen molar-refractivity contribution in [2.75, 3.05) is 7.11 Å². The average Bonchev–Trinajstić information content (AvgIpc) is 2.48. The fourth-order valence-electron chi connectivity index (χ4n) is 1.94. The summed E-state index contributed by atoms with van der Waals surface area (Å²) in [6, 6.07) is 8.57. The normalized spacial score (nSPS) is 15.3. The summed E-state index contributed by atoms with van der Waals surface area (Å²) in [6.45, 7) is 4.00. The Morgan fingerprint density at radius 1 is 1.25 bits per heavy atom. The molecule has 5 heteroatoms. The first-order chi connectivity index (χ1) is 9.57. The van der Waals surface area contributed by atoms with Crippen LogP contribution < -0.4 is 5.30 Å². The molecule has 0 saturated carbocycles. The van der Waals surface area contributed by atoms with Crippen molar-refractivity contribution < 1.29 is 18.4 Å². The molecule has 0 heterocycles. The van der Waals surface area contributed by atoms with E-state index >= 15 is 0 Å². The molecule has 0 aliphatic carbocycles. The SMILES string of the molecule is CCCCC(CC)C(=O)OP(=O)(OC)c1ccccc1. The second-order valence-corrected chi connectivity index (χ2v) is 6.73. The predicted octanol–water partition coefficient (Wildman–Crippen LogP) is 3.91. The minimum absolute atomic E-state index is 0.220. The standard InChI is InChI=1S/C15H23O4P/c1-4-6-10-13(5-2)15(16)19-20(17,18-3)14-11-8-7-9-12-14/h7-9,11-13H,4-6,10H2,1-3H3. The fourth-order valence-corrected chi connectivity index (χ4v) is 3.25. The van der Waals surface area contributed by atoms with E-state index in [9.17, 15) is 9.36 Å². The van der Waals surface area contributed by atoms with Gasteiger partial charge < -0.3 is 4.52 Å². The quantitative estimate of drug-likeness (QED) is 0.683. The molecule has 2 unspecified atom stereocenters. The van der Waals surface area contributed by atoms with Gasteiger partial charge in [-0.05, 0) is 25.0 Å². The third-order valence-corrected chi connectivity index (χ3v) is 5.09. The molecule has 0 aromatic heterocycles. The lowest BCUT2D eigenvalue weighted by Crippen LogP contribution is -2.20. The van der Waals surface area contributed by atoms with Gasteiger partial charge in [0.1, 0.15) is 0 Å². The highest BCUT2D eigenvalue weighted by molar-refractivity contribution is 7.62. The Morgan fingerprint density at radius 3 is 2.40 bits per heavy atom. The number of hydrogen-bond acceptors (Lipinski definition) is 4. The van der Waals surface area contributed by atoms with E-state index in [2.05, 4.69) is 6.92 Å². The van der Waals surface area contributed by atoms with E-state index in [-0.39, 0.29) is 5.92 Å². The van der Waals surface area contributed by atoms with Crippen molar-refractivity contribution in [3.63, 3.8) is 0 Å². The lowest BCUT2D eigenvalue weighted by Gasteiger charge is -2.19. The average molecular weight is 298 g/mol. The zero-order chi connectivity index (χ0) is 15.0. The zero-order valence-corrected chi connectivity index (χ0v) is 13.3. The van der Waals surface area contributed by atoms with Gasteiger partial charge in [-0.2, -0.15) is 0 Å². The van der Waals surface area contributed by atoms with Gasteiger partial charge in [0, 0.05) is 7.11 Å². The van der Waals surface area contributed by atoms with Gasteiger partial charge in [0.25, 0.3) is 0 Å². The van der Waals surface area contributed by atoms with E-state index in [1.54, 1.807) is 30.3 Å². The second kappa shape index (κ2) is 8.23. The van der Waals surface area contributed by atoms with Crippen LogP contribution in [0.1, 0.15) is 39.5 Å². The molecule has 0 aliphatic heterocycles. The van der Waals surface area contributed by atoms with Crippen LogP contribution in [0, 0.1) is 5.92 Å². The van der Waals surface area contributed by atoms with E-state index in [0.29, 0.717) is 11.7 Å². The van der Waals surface area contributed by atoms with Crippen LogP contribution in [0.5, 0.6) is 0 Å². The van der Waals surface area contributed by atoms with Crippen LogP contribution in [0.15, 0.2) is 30.3 Å². The first-order valence-electron chi connectivity index (χ1n) is 7.02. The third-order valence-electron chi connectivity index (χ3n) is 3.26. The number of unbranched alkanes of at least 4 members (excludes halogenated alkanes) is 1. The molecule has 20 heavy (non-hydrogen) atoms. The highest BCUT2D eigenvalue weighted by Gasteiger charge is 2.32.